The van der Waals surface area contributed by atoms with Crippen LogP contribution < -0.4 is 0 Å². The Labute approximate surface area is 187 Å². The topological polar surface area (TPSA) is 60.9 Å². The largest absolute Gasteiger partial charge is 0.335 e. The number of hydrogen-bond acceptors (Lipinski definition) is 3. The molecule has 7 heteroatoms. The van der Waals surface area contributed by atoms with E-state index in [9.17, 15) is 14.4 Å². The molecule has 2 aliphatic heterocycles. The van der Waals surface area contributed by atoms with E-state index in [4.69, 9.17) is 11.6 Å². The molecule has 2 fully saturated rings. The molecule has 2 aromatic carbocycles. The second kappa shape index (κ2) is 9.52. The fraction of sp³-hybridized carbons (Fsp3) is 0.375. The van der Waals surface area contributed by atoms with Crippen molar-refractivity contribution >= 4 is 29.3 Å². The van der Waals surface area contributed by atoms with E-state index in [-0.39, 0.29) is 17.7 Å². The van der Waals surface area contributed by atoms with Gasteiger partial charge in [0.05, 0.1) is 5.56 Å². The molecule has 3 amide bonds. The monoisotopic (exact) mass is 439 g/mol. The predicted molar refractivity (Wildman–Crippen MR) is 120 cm³/mol. The lowest BCUT2D eigenvalue weighted by Gasteiger charge is -2.38. The van der Waals surface area contributed by atoms with Crippen molar-refractivity contribution in [3.8, 4) is 0 Å². The zero-order chi connectivity index (χ0) is 21.8. The Hall–Kier alpha value is -2.86. The van der Waals surface area contributed by atoms with Gasteiger partial charge in [0.15, 0.2) is 5.78 Å². The highest BCUT2D eigenvalue weighted by Crippen LogP contribution is 2.20. The van der Waals surface area contributed by atoms with Crippen LogP contribution in [0.1, 0.15) is 45.5 Å². The van der Waals surface area contributed by atoms with Crippen LogP contribution in [0.5, 0.6) is 0 Å². The number of hydrogen-bond donors (Lipinski definition) is 0. The molecule has 2 saturated heterocycles. The molecule has 2 aliphatic rings. The molecule has 4 rings (SSSR count). The third-order valence-electron chi connectivity index (χ3n) is 5.97. The van der Waals surface area contributed by atoms with E-state index in [1.54, 1.807) is 53.4 Å². The molecule has 0 saturated carbocycles. The lowest BCUT2D eigenvalue weighted by atomic mass is 9.97. The fourth-order valence-corrected chi connectivity index (χ4v) is 4.31. The first-order valence-electron chi connectivity index (χ1n) is 10.8. The van der Waals surface area contributed by atoms with Crippen molar-refractivity contribution in [2.45, 2.75) is 19.3 Å². The molecule has 0 unspecified atom stereocenters. The lowest BCUT2D eigenvalue weighted by Crippen LogP contribution is -2.54. The summed E-state index contributed by atoms with van der Waals surface area (Å²) in [5, 5.41) is 0.554. The molecule has 2 heterocycles. The molecule has 6 nitrogen and oxygen atoms in total. The van der Waals surface area contributed by atoms with Gasteiger partial charge in [0.25, 0.3) is 5.91 Å². The summed E-state index contributed by atoms with van der Waals surface area (Å²) in [6.07, 6.45) is 3.30. The number of carbonyl (C=O) groups is 3. The fourth-order valence-electron chi connectivity index (χ4n) is 4.18. The van der Waals surface area contributed by atoms with Crippen molar-refractivity contribution < 1.29 is 14.4 Å². The average Bonchev–Trinajstić information content (AvgIpc) is 2.84. The number of piperazine rings is 1. The Morgan fingerprint density at radius 1 is 0.645 bits per heavy atom. The summed E-state index contributed by atoms with van der Waals surface area (Å²) in [7, 11) is 0. The van der Waals surface area contributed by atoms with Gasteiger partial charge in [-0.2, -0.15) is 0 Å². The van der Waals surface area contributed by atoms with Gasteiger partial charge in [-0.05, 0) is 49.6 Å². The molecule has 0 bridgehead atoms. The smallest absolute Gasteiger partial charge is 0.320 e. The summed E-state index contributed by atoms with van der Waals surface area (Å²) < 4.78 is 0. The van der Waals surface area contributed by atoms with E-state index in [2.05, 4.69) is 0 Å². The number of piperidine rings is 1. The van der Waals surface area contributed by atoms with Crippen LogP contribution >= 0.6 is 11.6 Å². The minimum absolute atomic E-state index is 0.0742. The van der Waals surface area contributed by atoms with Crippen LogP contribution in [0.15, 0.2) is 48.5 Å². The third-order valence-corrected chi connectivity index (χ3v) is 6.22. The van der Waals surface area contributed by atoms with E-state index in [0.29, 0.717) is 47.9 Å². The van der Waals surface area contributed by atoms with Gasteiger partial charge in [-0.1, -0.05) is 29.8 Å². The second-order valence-corrected chi connectivity index (χ2v) is 8.43. The highest BCUT2D eigenvalue weighted by Gasteiger charge is 2.29. The average molecular weight is 440 g/mol. The summed E-state index contributed by atoms with van der Waals surface area (Å²) in [4.78, 5) is 44.4. The molecule has 0 aromatic heterocycles. The molecular weight excluding hydrogens is 414 g/mol. The maximum Gasteiger partial charge on any atom is 0.320 e. The number of urea groups is 1. The standard InChI is InChI=1S/C24H26ClN3O3/c25-19-10-8-18(9-11-19)22(29)20-6-2-3-7-21(20)23(30)26-14-16-28(17-15-26)24(31)27-12-4-1-5-13-27/h2-3,6-11H,1,4-5,12-17H2. The maximum absolute atomic E-state index is 13.2. The quantitative estimate of drug-likeness (QED) is 0.680. The van der Waals surface area contributed by atoms with Crippen molar-refractivity contribution in [2.75, 3.05) is 39.3 Å². The first-order chi connectivity index (χ1) is 15.0. The van der Waals surface area contributed by atoms with Crippen molar-refractivity contribution in [3.05, 3.63) is 70.2 Å². The highest BCUT2D eigenvalue weighted by atomic mass is 35.5. The summed E-state index contributed by atoms with van der Waals surface area (Å²) >= 11 is 5.93. The minimum atomic E-state index is -0.209. The van der Waals surface area contributed by atoms with E-state index < -0.39 is 0 Å². The van der Waals surface area contributed by atoms with Gasteiger partial charge in [-0.3, -0.25) is 9.59 Å². The van der Waals surface area contributed by atoms with Crippen molar-refractivity contribution in [3.63, 3.8) is 0 Å². The van der Waals surface area contributed by atoms with Gasteiger partial charge in [-0.15, -0.1) is 0 Å². The van der Waals surface area contributed by atoms with Crippen LogP contribution in [0, 0.1) is 0 Å². The number of benzene rings is 2. The van der Waals surface area contributed by atoms with Gasteiger partial charge >= 0.3 is 6.03 Å². The van der Waals surface area contributed by atoms with E-state index in [1.807, 2.05) is 9.80 Å². The normalized spacial score (nSPS) is 16.9. The van der Waals surface area contributed by atoms with Crippen LogP contribution in [0.3, 0.4) is 0 Å². The lowest BCUT2D eigenvalue weighted by molar-refractivity contribution is 0.0630. The van der Waals surface area contributed by atoms with Crippen molar-refractivity contribution in [1.29, 1.82) is 0 Å². The molecule has 31 heavy (non-hydrogen) atoms. The molecule has 0 spiro atoms. The number of carbonyl (C=O) groups excluding carboxylic acids is 3. The number of rotatable bonds is 3. The molecule has 0 N–H and O–H groups in total. The molecule has 0 radical (unpaired) electrons. The zero-order valence-electron chi connectivity index (χ0n) is 17.4. The third kappa shape index (κ3) is 4.74. The van der Waals surface area contributed by atoms with Crippen molar-refractivity contribution in [1.82, 2.24) is 14.7 Å². The van der Waals surface area contributed by atoms with Crippen LogP contribution in [-0.2, 0) is 0 Å². The number of amides is 3. The van der Waals surface area contributed by atoms with E-state index in [1.165, 1.54) is 6.42 Å². The van der Waals surface area contributed by atoms with Crippen LogP contribution in [0.2, 0.25) is 5.02 Å². The van der Waals surface area contributed by atoms with Crippen LogP contribution in [-0.4, -0.2) is 71.7 Å². The van der Waals surface area contributed by atoms with Gasteiger partial charge in [-0.25, -0.2) is 4.79 Å². The summed E-state index contributed by atoms with van der Waals surface area (Å²) in [5.74, 6) is -0.387. The van der Waals surface area contributed by atoms with Crippen molar-refractivity contribution in [2.24, 2.45) is 0 Å². The molecular formula is C24H26ClN3O3. The molecule has 0 atom stereocenters. The molecule has 162 valence electrons. The Kier molecular flexibility index (Phi) is 6.56. The van der Waals surface area contributed by atoms with Crippen LogP contribution in [0.4, 0.5) is 4.79 Å². The Morgan fingerprint density at radius 2 is 1.19 bits per heavy atom. The number of likely N-dealkylation sites (tertiary alicyclic amines) is 1. The van der Waals surface area contributed by atoms with Gasteiger partial charge in [0.1, 0.15) is 0 Å². The Morgan fingerprint density at radius 3 is 1.84 bits per heavy atom. The first kappa shape index (κ1) is 21.4. The van der Waals surface area contributed by atoms with Gasteiger partial charge in [0.2, 0.25) is 0 Å². The summed E-state index contributed by atoms with van der Waals surface area (Å²) in [5.41, 5.74) is 1.25. The number of ketones is 1. The van der Waals surface area contributed by atoms with E-state index in [0.717, 1.165) is 25.9 Å². The van der Waals surface area contributed by atoms with Gasteiger partial charge < -0.3 is 14.7 Å². The number of halogens is 1. The Bertz CT molecular complexity index is 962. The number of nitrogens with zero attached hydrogens (tertiary/aromatic N) is 3. The highest BCUT2D eigenvalue weighted by molar-refractivity contribution is 6.30. The molecule has 2 aromatic rings. The van der Waals surface area contributed by atoms with E-state index >= 15 is 0 Å². The van der Waals surface area contributed by atoms with Crippen LogP contribution in [0.25, 0.3) is 0 Å². The predicted octanol–water partition coefficient (Wildman–Crippen LogP) is 3.93. The summed E-state index contributed by atoms with van der Waals surface area (Å²) in [6, 6.07) is 13.6. The first-order valence-corrected chi connectivity index (χ1v) is 11.1. The molecule has 0 aliphatic carbocycles. The minimum Gasteiger partial charge on any atom is -0.335 e. The van der Waals surface area contributed by atoms with Gasteiger partial charge in [0, 0.05) is 55.4 Å². The SMILES string of the molecule is O=C(c1ccc(Cl)cc1)c1ccccc1C(=O)N1CCN(C(=O)N2CCCCC2)CC1. The Balaban J connectivity index is 1.44. The summed E-state index contributed by atoms with van der Waals surface area (Å²) in [6.45, 7) is 3.57. The maximum atomic E-state index is 13.2. The zero-order valence-corrected chi connectivity index (χ0v) is 18.2. The second-order valence-electron chi connectivity index (χ2n) is 7.99.